The second-order valence-corrected chi connectivity index (χ2v) is 6.98. The van der Waals surface area contributed by atoms with Gasteiger partial charge in [0.15, 0.2) is 0 Å². The number of thiazole rings is 1. The number of nitrogens with zero attached hydrogens (tertiary/aromatic N) is 1. The maximum absolute atomic E-state index is 11.6. The van der Waals surface area contributed by atoms with Crippen LogP contribution in [0.15, 0.2) is 5.38 Å². The number of hydrogen-bond acceptors (Lipinski definition) is 3. The van der Waals surface area contributed by atoms with Gasteiger partial charge in [-0.1, -0.05) is 34.6 Å². The van der Waals surface area contributed by atoms with Crippen LogP contribution in [0.5, 0.6) is 0 Å². The van der Waals surface area contributed by atoms with Crippen molar-refractivity contribution in [2.24, 2.45) is 11.8 Å². The molecule has 0 saturated heterocycles. The first-order valence-electron chi connectivity index (χ1n) is 6.17. The standard InChI is InChI=1S/C14H23NOS/c1-9(2)11(10(3)16)7-13-15-12(8-17-13)14(4,5)6/h8-9,11H,7H2,1-6H3. The summed E-state index contributed by atoms with van der Waals surface area (Å²) >= 11 is 1.68. The van der Waals surface area contributed by atoms with E-state index in [2.05, 4.69) is 45.0 Å². The van der Waals surface area contributed by atoms with Gasteiger partial charge in [0, 0.05) is 23.1 Å². The summed E-state index contributed by atoms with van der Waals surface area (Å²) in [5.74, 6) is 0.760. The molecule has 0 bridgehead atoms. The van der Waals surface area contributed by atoms with Crippen molar-refractivity contribution >= 4 is 17.1 Å². The molecule has 1 aromatic rings. The fourth-order valence-corrected chi connectivity index (χ4v) is 2.87. The number of carbonyl (C=O) groups is 1. The molecule has 1 rings (SSSR count). The van der Waals surface area contributed by atoms with Crippen molar-refractivity contribution in [1.29, 1.82) is 0 Å². The van der Waals surface area contributed by atoms with Crippen LogP contribution in [0, 0.1) is 11.8 Å². The first-order valence-corrected chi connectivity index (χ1v) is 7.05. The van der Waals surface area contributed by atoms with Crippen molar-refractivity contribution in [2.75, 3.05) is 0 Å². The van der Waals surface area contributed by atoms with Crippen molar-refractivity contribution in [1.82, 2.24) is 4.98 Å². The Balaban J connectivity index is 2.81. The van der Waals surface area contributed by atoms with Crippen LogP contribution in [0.1, 0.15) is 52.2 Å². The lowest BCUT2D eigenvalue weighted by Gasteiger charge is -2.17. The van der Waals surface area contributed by atoms with Crippen molar-refractivity contribution in [3.8, 4) is 0 Å². The fourth-order valence-electron chi connectivity index (χ4n) is 1.79. The van der Waals surface area contributed by atoms with Gasteiger partial charge in [-0.3, -0.25) is 4.79 Å². The number of Topliss-reactive ketones (excluding diaryl/α,β-unsaturated/α-hetero) is 1. The lowest BCUT2D eigenvalue weighted by atomic mass is 9.89. The Bertz CT molecular complexity index is 387. The minimum Gasteiger partial charge on any atom is -0.300 e. The topological polar surface area (TPSA) is 30.0 Å². The predicted octanol–water partition coefficient (Wildman–Crippen LogP) is 3.84. The zero-order chi connectivity index (χ0) is 13.2. The minimum absolute atomic E-state index is 0.0955. The normalized spacial score (nSPS) is 14.1. The van der Waals surface area contributed by atoms with Gasteiger partial charge in [0.1, 0.15) is 5.78 Å². The molecule has 1 atom stereocenters. The van der Waals surface area contributed by atoms with Gasteiger partial charge in [-0.25, -0.2) is 4.98 Å². The molecule has 0 spiro atoms. The maximum atomic E-state index is 11.6. The molecule has 1 unspecified atom stereocenters. The molecule has 1 heterocycles. The van der Waals surface area contributed by atoms with E-state index < -0.39 is 0 Å². The SMILES string of the molecule is CC(=O)C(Cc1nc(C(C)(C)C)cs1)C(C)C. The van der Waals surface area contributed by atoms with Crippen LogP contribution in [-0.2, 0) is 16.6 Å². The highest BCUT2D eigenvalue weighted by atomic mass is 32.1. The van der Waals surface area contributed by atoms with Gasteiger partial charge in [-0.15, -0.1) is 11.3 Å². The number of aromatic nitrogens is 1. The van der Waals surface area contributed by atoms with Crippen LogP contribution < -0.4 is 0 Å². The second kappa shape index (κ2) is 5.30. The average molecular weight is 253 g/mol. The lowest BCUT2D eigenvalue weighted by molar-refractivity contribution is -0.121. The molecule has 0 aliphatic rings. The summed E-state index contributed by atoms with van der Waals surface area (Å²) in [6, 6.07) is 0. The molecule has 2 nitrogen and oxygen atoms in total. The summed E-state index contributed by atoms with van der Waals surface area (Å²) in [6.45, 7) is 12.4. The van der Waals surface area contributed by atoms with Gasteiger partial charge >= 0.3 is 0 Å². The van der Waals surface area contributed by atoms with Crippen LogP contribution in [0.3, 0.4) is 0 Å². The highest BCUT2D eigenvalue weighted by molar-refractivity contribution is 7.09. The molecule has 0 aliphatic carbocycles. The Hall–Kier alpha value is -0.700. The molecule has 1 aromatic heterocycles. The maximum Gasteiger partial charge on any atom is 0.133 e. The third-order valence-corrected chi connectivity index (χ3v) is 3.91. The van der Waals surface area contributed by atoms with E-state index >= 15 is 0 Å². The van der Waals surface area contributed by atoms with E-state index in [1.165, 1.54) is 0 Å². The van der Waals surface area contributed by atoms with E-state index in [0.29, 0.717) is 5.92 Å². The molecule has 0 amide bonds. The molecular weight excluding hydrogens is 230 g/mol. The Labute approximate surface area is 108 Å². The number of hydrogen-bond donors (Lipinski definition) is 0. The van der Waals surface area contributed by atoms with Crippen LogP contribution in [-0.4, -0.2) is 10.8 Å². The Morgan fingerprint density at radius 2 is 2.00 bits per heavy atom. The summed E-state index contributed by atoms with van der Waals surface area (Å²) in [4.78, 5) is 16.2. The van der Waals surface area contributed by atoms with E-state index in [1.807, 2.05) is 0 Å². The van der Waals surface area contributed by atoms with Crippen LogP contribution in [0.4, 0.5) is 0 Å². The van der Waals surface area contributed by atoms with Crippen LogP contribution in [0.2, 0.25) is 0 Å². The van der Waals surface area contributed by atoms with Crippen LogP contribution in [0.25, 0.3) is 0 Å². The van der Waals surface area contributed by atoms with Crippen molar-refractivity contribution in [3.63, 3.8) is 0 Å². The monoisotopic (exact) mass is 253 g/mol. The van der Waals surface area contributed by atoms with E-state index in [-0.39, 0.29) is 17.1 Å². The minimum atomic E-state index is 0.0955. The quantitative estimate of drug-likeness (QED) is 0.816. The zero-order valence-corrected chi connectivity index (χ0v) is 12.5. The van der Waals surface area contributed by atoms with Gasteiger partial charge in [0.2, 0.25) is 0 Å². The van der Waals surface area contributed by atoms with Crippen molar-refractivity contribution in [2.45, 2.75) is 53.4 Å². The van der Waals surface area contributed by atoms with E-state index in [1.54, 1.807) is 18.3 Å². The molecule has 0 N–H and O–H groups in total. The summed E-state index contributed by atoms with van der Waals surface area (Å²) < 4.78 is 0. The number of carbonyl (C=O) groups excluding carboxylic acids is 1. The van der Waals surface area contributed by atoms with E-state index in [9.17, 15) is 4.79 Å². The van der Waals surface area contributed by atoms with Crippen molar-refractivity contribution in [3.05, 3.63) is 16.1 Å². The molecule has 96 valence electrons. The molecule has 0 aliphatic heterocycles. The average Bonchev–Trinajstić information content (AvgIpc) is 2.60. The first-order chi connectivity index (χ1) is 7.71. The lowest BCUT2D eigenvalue weighted by Crippen LogP contribution is -2.20. The molecule has 17 heavy (non-hydrogen) atoms. The third kappa shape index (κ3) is 3.91. The van der Waals surface area contributed by atoms with E-state index in [0.717, 1.165) is 17.1 Å². The van der Waals surface area contributed by atoms with Gasteiger partial charge in [-0.2, -0.15) is 0 Å². The molecule has 0 radical (unpaired) electrons. The highest BCUT2D eigenvalue weighted by Crippen LogP contribution is 2.26. The summed E-state index contributed by atoms with van der Waals surface area (Å²) in [7, 11) is 0. The summed E-state index contributed by atoms with van der Waals surface area (Å²) in [5.41, 5.74) is 1.22. The van der Waals surface area contributed by atoms with Crippen LogP contribution >= 0.6 is 11.3 Å². The van der Waals surface area contributed by atoms with Crippen molar-refractivity contribution < 1.29 is 4.79 Å². The van der Waals surface area contributed by atoms with Gasteiger partial charge in [-0.05, 0) is 12.8 Å². The zero-order valence-electron chi connectivity index (χ0n) is 11.7. The van der Waals surface area contributed by atoms with Gasteiger partial charge in [0.25, 0.3) is 0 Å². The third-order valence-electron chi connectivity index (χ3n) is 3.04. The molecule has 0 saturated carbocycles. The first kappa shape index (κ1) is 14.4. The molecule has 0 aromatic carbocycles. The largest absolute Gasteiger partial charge is 0.300 e. The number of ketones is 1. The Morgan fingerprint density at radius 1 is 1.41 bits per heavy atom. The molecular formula is C14H23NOS. The second-order valence-electron chi connectivity index (χ2n) is 6.04. The van der Waals surface area contributed by atoms with Gasteiger partial charge < -0.3 is 0 Å². The smallest absolute Gasteiger partial charge is 0.133 e. The summed E-state index contributed by atoms with van der Waals surface area (Å²) in [5, 5.41) is 3.20. The predicted molar refractivity (Wildman–Crippen MR) is 73.5 cm³/mol. The fraction of sp³-hybridized carbons (Fsp3) is 0.714. The van der Waals surface area contributed by atoms with Gasteiger partial charge in [0.05, 0.1) is 10.7 Å². The Morgan fingerprint density at radius 3 is 2.35 bits per heavy atom. The highest BCUT2D eigenvalue weighted by Gasteiger charge is 2.22. The number of rotatable bonds is 4. The summed E-state index contributed by atoms with van der Waals surface area (Å²) in [6.07, 6.45) is 0.785. The molecule has 3 heteroatoms. The van der Waals surface area contributed by atoms with E-state index in [4.69, 9.17) is 0 Å². The Kier molecular flexibility index (Phi) is 4.48. The molecule has 0 fully saturated rings.